The second-order valence-electron chi connectivity index (χ2n) is 8.43. The summed E-state index contributed by atoms with van der Waals surface area (Å²) in [7, 11) is 0. The van der Waals surface area contributed by atoms with Gasteiger partial charge in [0.15, 0.2) is 11.6 Å². The molecule has 0 saturated heterocycles. The number of ether oxygens (including phenoxy) is 1. The number of pyridine rings is 1. The fraction of sp³-hybridized carbons (Fsp3) is 0.0690. The number of nitrogens with one attached hydrogen (secondary N) is 3. The highest BCUT2D eigenvalue weighted by Gasteiger charge is 2.13. The third-order valence-corrected chi connectivity index (χ3v) is 5.64. The predicted octanol–water partition coefficient (Wildman–Crippen LogP) is 6.05. The van der Waals surface area contributed by atoms with Gasteiger partial charge in [-0.25, -0.2) is 9.37 Å². The van der Waals surface area contributed by atoms with Crippen molar-refractivity contribution < 1.29 is 18.7 Å². The summed E-state index contributed by atoms with van der Waals surface area (Å²) in [5.74, 6) is -1.23. The molecule has 37 heavy (non-hydrogen) atoms. The van der Waals surface area contributed by atoms with E-state index < -0.39 is 24.1 Å². The van der Waals surface area contributed by atoms with Crippen LogP contribution in [0.5, 0.6) is 11.5 Å². The van der Waals surface area contributed by atoms with Gasteiger partial charge in [-0.1, -0.05) is 42.5 Å². The molecule has 0 spiro atoms. The summed E-state index contributed by atoms with van der Waals surface area (Å²) in [5.41, 5.74) is 3.64. The first kappa shape index (κ1) is 23.7. The van der Waals surface area contributed by atoms with Crippen molar-refractivity contribution in [3.8, 4) is 11.5 Å². The monoisotopic (exact) mass is 494 g/mol. The van der Waals surface area contributed by atoms with Crippen LogP contribution in [0.15, 0.2) is 97.3 Å². The van der Waals surface area contributed by atoms with E-state index >= 15 is 0 Å². The van der Waals surface area contributed by atoms with Gasteiger partial charge in [0.2, 0.25) is 11.8 Å². The molecule has 7 nitrogen and oxygen atoms in total. The first-order chi connectivity index (χ1) is 18.0. The molecule has 5 aromatic rings. The average molecular weight is 495 g/mol. The van der Waals surface area contributed by atoms with Crippen molar-refractivity contribution in [3.05, 3.63) is 114 Å². The van der Waals surface area contributed by atoms with Crippen LogP contribution in [0.3, 0.4) is 0 Å². The number of carbonyl (C=O) groups excluding carboxylic acids is 2. The molecule has 0 bridgehead atoms. The van der Waals surface area contributed by atoms with Gasteiger partial charge in [-0.05, 0) is 53.9 Å². The smallest absolute Gasteiger partial charge is 0.233 e. The number of rotatable bonds is 8. The minimum absolute atomic E-state index is 0.000161. The lowest BCUT2D eigenvalue weighted by molar-refractivity contribution is -0.123. The molecule has 8 heteroatoms. The number of fused-ring (bicyclic) bond motifs is 1. The molecule has 0 aliphatic rings. The Morgan fingerprint density at radius 3 is 2.35 bits per heavy atom. The number of carbonyl (C=O) groups is 2. The SMILES string of the molecule is O=C(CC(=O)Nc1ccc(Oc2ccnc3[nH]ccc23)c(F)c1)Nc1cccc(Cc2ccccc2)c1. The summed E-state index contributed by atoms with van der Waals surface area (Å²) in [4.78, 5) is 32.0. The molecule has 3 N–H and O–H groups in total. The second-order valence-corrected chi connectivity index (χ2v) is 8.43. The third kappa shape index (κ3) is 5.99. The van der Waals surface area contributed by atoms with E-state index in [4.69, 9.17) is 4.74 Å². The van der Waals surface area contributed by atoms with Crippen molar-refractivity contribution in [3.63, 3.8) is 0 Å². The Hall–Kier alpha value is -4.98. The van der Waals surface area contributed by atoms with Crippen molar-refractivity contribution in [1.82, 2.24) is 9.97 Å². The Labute approximate surface area is 212 Å². The highest BCUT2D eigenvalue weighted by Crippen LogP contribution is 2.31. The molecule has 0 atom stereocenters. The molecule has 184 valence electrons. The summed E-state index contributed by atoms with van der Waals surface area (Å²) in [6.45, 7) is 0. The van der Waals surface area contributed by atoms with Crippen molar-refractivity contribution in [2.75, 3.05) is 10.6 Å². The van der Waals surface area contributed by atoms with Gasteiger partial charge in [-0.15, -0.1) is 0 Å². The summed E-state index contributed by atoms with van der Waals surface area (Å²) in [6.07, 6.45) is 3.60. The van der Waals surface area contributed by atoms with Crippen LogP contribution in [-0.4, -0.2) is 21.8 Å². The van der Waals surface area contributed by atoms with E-state index in [1.165, 1.54) is 12.1 Å². The molecule has 2 aromatic heterocycles. The van der Waals surface area contributed by atoms with Crippen LogP contribution in [0.4, 0.5) is 15.8 Å². The van der Waals surface area contributed by atoms with Crippen LogP contribution < -0.4 is 15.4 Å². The van der Waals surface area contributed by atoms with E-state index in [2.05, 4.69) is 20.6 Å². The van der Waals surface area contributed by atoms with E-state index in [9.17, 15) is 14.0 Å². The molecule has 3 aromatic carbocycles. The summed E-state index contributed by atoms with van der Waals surface area (Å²) in [5, 5.41) is 6.01. The molecule has 0 radical (unpaired) electrons. The topological polar surface area (TPSA) is 96.1 Å². The number of aromatic nitrogens is 2. The Balaban J connectivity index is 1.17. The van der Waals surface area contributed by atoms with Crippen LogP contribution in [0, 0.1) is 5.82 Å². The van der Waals surface area contributed by atoms with Gasteiger partial charge < -0.3 is 20.4 Å². The van der Waals surface area contributed by atoms with Crippen molar-refractivity contribution >= 4 is 34.2 Å². The molecule has 5 rings (SSSR count). The summed E-state index contributed by atoms with van der Waals surface area (Å²) in [6, 6.07) is 25.0. The normalized spacial score (nSPS) is 10.7. The van der Waals surface area contributed by atoms with Gasteiger partial charge in [-0.2, -0.15) is 0 Å². The van der Waals surface area contributed by atoms with E-state index in [0.29, 0.717) is 17.1 Å². The van der Waals surface area contributed by atoms with Crippen LogP contribution in [-0.2, 0) is 16.0 Å². The first-order valence-electron chi connectivity index (χ1n) is 11.7. The van der Waals surface area contributed by atoms with Crippen molar-refractivity contribution in [2.45, 2.75) is 12.8 Å². The third-order valence-electron chi connectivity index (χ3n) is 5.64. The van der Waals surface area contributed by atoms with Crippen molar-refractivity contribution in [2.24, 2.45) is 0 Å². The molecular formula is C29H23FN4O3. The summed E-state index contributed by atoms with van der Waals surface area (Å²) >= 11 is 0. The van der Waals surface area contributed by atoms with Gasteiger partial charge in [-0.3, -0.25) is 9.59 Å². The quantitative estimate of drug-likeness (QED) is 0.229. The zero-order valence-corrected chi connectivity index (χ0v) is 19.7. The predicted molar refractivity (Wildman–Crippen MR) is 140 cm³/mol. The second kappa shape index (κ2) is 10.7. The van der Waals surface area contributed by atoms with Gasteiger partial charge in [0.05, 0.1) is 5.39 Å². The molecule has 0 aliphatic carbocycles. The Bertz CT molecular complexity index is 1570. The first-order valence-corrected chi connectivity index (χ1v) is 11.7. The Morgan fingerprint density at radius 1 is 0.811 bits per heavy atom. The number of hydrogen-bond donors (Lipinski definition) is 3. The number of aromatic amines is 1. The van der Waals surface area contributed by atoms with E-state index in [0.717, 1.165) is 29.0 Å². The minimum atomic E-state index is -0.655. The number of amides is 2. The lowest BCUT2D eigenvalue weighted by Gasteiger charge is -2.11. The average Bonchev–Trinajstić information content (AvgIpc) is 3.36. The Kier molecular flexibility index (Phi) is 6.89. The minimum Gasteiger partial charge on any atom is -0.453 e. The molecule has 2 amide bonds. The van der Waals surface area contributed by atoms with Crippen LogP contribution >= 0.6 is 0 Å². The molecular weight excluding hydrogens is 471 g/mol. The van der Waals surface area contributed by atoms with Gasteiger partial charge in [0, 0.05) is 29.8 Å². The van der Waals surface area contributed by atoms with Gasteiger partial charge >= 0.3 is 0 Å². The molecule has 0 unspecified atom stereocenters. The van der Waals surface area contributed by atoms with Crippen LogP contribution in [0.1, 0.15) is 17.5 Å². The maximum atomic E-state index is 14.7. The standard InChI is InChI=1S/C29H23FN4O3/c30-24-17-22(9-10-26(24)37-25-12-14-32-29-23(25)11-13-31-29)34-28(36)18-27(35)33-21-8-4-7-20(16-21)15-19-5-2-1-3-6-19/h1-14,16-17H,15,18H2,(H,31,32)(H,33,35)(H,34,36). The fourth-order valence-electron chi connectivity index (χ4n) is 3.95. The number of halogens is 1. The number of nitrogens with zero attached hydrogens (tertiary/aromatic N) is 1. The maximum absolute atomic E-state index is 14.7. The van der Waals surface area contributed by atoms with E-state index in [-0.39, 0.29) is 11.4 Å². The van der Waals surface area contributed by atoms with Crippen LogP contribution in [0.2, 0.25) is 0 Å². The zero-order valence-electron chi connectivity index (χ0n) is 19.7. The molecule has 0 aliphatic heterocycles. The van der Waals surface area contributed by atoms with Crippen molar-refractivity contribution in [1.29, 1.82) is 0 Å². The Morgan fingerprint density at radius 2 is 1.57 bits per heavy atom. The lowest BCUT2D eigenvalue weighted by atomic mass is 10.0. The number of benzene rings is 3. The largest absolute Gasteiger partial charge is 0.453 e. The van der Waals surface area contributed by atoms with E-state index in [1.807, 2.05) is 48.5 Å². The zero-order chi connectivity index (χ0) is 25.6. The van der Waals surface area contributed by atoms with Gasteiger partial charge in [0.1, 0.15) is 17.8 Å². The number of hydrogen-bond acceptors (Lipinski definition) is 4. The molecule has 2 heterocycles. The maximum Gasteiger partial charge on any atom is 0.233 e. The highest BCUT2D eigenvalue weighted by molar-refractivity contribution is 6.08. The fourth-order valence-corrected chi connectivity index (χ4v) is 3.95. The number of H-pyrrole nitrogens is 1. The number of anilines is 2. The van der Waals surface area contributed by atoms with E-state index in [1.54, 1.807) is 30.6 Å². The van der Waals surface area contributed by atoms with Crippen LogP contribution in [0.25, 0.3) is 11.0 Å². The summed E-state index contributed by atoms with van der Waals surface area (Å²) < 4.78 is 20.4. The van der Waals surface area contributed by atoms with Gasteiger partial charge in [0.25, 0.3) is 0 Å². The molecule has 0 fully saturated rings. The lowest BCUT2D eigenvalue weighted by Crippen LogP contribution is -2.21. The highest BCUT2D eigenvalue weighted by atomic mass is 19.1. The molecule has 0 saturated carbocycles.